The van der Waals surface area contributed by atoms with Crippen molar-refractivity contribution in [3.8, 4) is 11.5 Å². The molecule has 0 radical (unpaired) electrons. The third kappa shape index (κ3) is 12.2. The number of anilines is 4. The van der Waals surface area contributed by atoms with Gasteiger partial charge in [0.1, 0.15) is 22.5 Å². The van der Waals surface area contributed by atoms with Gasteiger partial charge in [0.15, 0.2) is 36.1 Å². The van der Waals surface area contributed by atoms with E-state index in [4.69, 9.17) is 42.8 Å². The summed E-state index contributed by atoms with van der Waals surface area (Å²) in [4.78, 5) is 70.0. The van der Waals surface area contributed by atoms with Gasteiger partial charge < -0.3 is 39.9 Å². The van der Waals surface area contributed by atoms with Crippen LogP contribution in [0.5, 0.6) is 11.5 Å². The average Bonchev–Trinajstić information content (AvgIpc) is 3.88. The zero-order valence-electron chi connectivity index (χ0n) is 36.9. The molecule has 3 N–H and O–H groups in total. The SMILES string of the molecule is Cc1nc(N2CCC(N3CCCC3)CC2)nc2ncc(NC(=O)COc3ccc(Cl)cc3)nc12.Cc1nc(N2CCN(CCO)CC2)nc2ncc(NC(=O)COc3ccc(Cl)cc3)nc12. The van der Waals surface area contributed by atoms with Crippen LogP contribution < -0.4 is 29.9 Å². The molecule has 9 rings (SSSR count). The van der Waals surface area contributed by atoms with Crippen LogP contribution in [0.25, 0.3) is 22.3 Å². The summed E-state index contributed by atoms with van der Waals surface area (Å²) in [5.41, 5.74) is 3.53. The molecule has 3 aliphatic heterocycles. The van der Waals surface area contributed by atoms with Gasteiger partial charge in [0.25, 0.3) is 11.8 Å². The van der Waals surface area contributed by atoms with E-state index in [0.29, 0.717) is 85.7 Å². The Kier molecular flexibility index (Phi) is 15.4. The second kappa shape index (κ2) is 21.9. The van der Waals surface area contributed by atoms with Crippen molar-refractivity contribution in [2.24, 2.45) is 0 Å². The summed E-state index contributed by atoms with van der Waals surface area (Å²) in [5, 5.41) is 15.7. The van der Waals surface area contributed by atoms with E-state index < -0.39 is 0 Å². The highest BCUT2D eigenvalue weighted by molar-refractivity contribution is 6.30. The Morgan fingerprint density at radius 1 is 0.636 bits per heavy atom. The van der Waals surface area contributed by atoms with Gasteiger partial charge in [-0.05, 0) is 101 Å². The zero-order valence-corrected chi connectivity index (χ0v) is 38.4. The van der Waals surface area contributed by atoms with Crippen molar-refractivity contribution in [2.45, 2.75) is 45.6 Å². The van der Waals surface area contributed by atoms with Gasteiger partial charge in [-0.25, -0.2) is 29.9 Å². The Morgan fingerprint density at radius 2 is 1.09 bits per heavy atom. The molecular weight excluding hydrogens is 887 g/mol. The summed E-state index contributed by atoms with van der Waals surface area (Å²) >= 11 is 11.7. The molecule has 3 saturated heterocycles. The Balaban J connectivity index is 0.000000180. The van der Waals surface area contributed by atoms with E-state index in [9.17, 15) is 9.59 Å². The normalized spacial score (nSPS) is 16.0. The quantitative estimate of drug-likeness (QED) is 0.139. The molecule has 0 unspecified atom stereocenters. The molecule has 0 spiro atoms. The number of halogens is 2. The van der Waals surface area contributed by atoms with Gasteiger partial charge in [-0.1, -0.05) is 23.2 Å². The number of carbonyl (C=O) groups is 2. The lowest BCUT2D eigenvalue weighted by Crippen LogP contribution is -2.47. The van der Waals surface area contributed by atoms with E-state index >= 15 is 0 Å². The number of β-amino-alcohol motifs (C(OH)–C–C–N with tert-alkyl or cyclic N) is 1. The molecule has 6 aromatic rings. The fourth-order valence-corrected chi connectivity index (χ4v) is 8.28. The predicted octanol–water partition coefficient (Wildman–Crippen LogP) is 4.98. The summed E-state index contributed by atoms with van der Waals surface area (Å²) < 4.78 is 10.9. The Labute approximate surface area is 391 Å². The third-order valence-electron chi connectivity index (χ3n) is 11.5. The van der Waals surface area contributed by atoms with E-state index in [-0.39, 0.29) is 31.6 Å². The highest BCUT2D eigenvalue weighted by Gasteiger charge is 2.28. The number of likely N-dealkylation sites (tertiary alicyclic amines) is 1. The maximum atomic E-state index is 12.3. The first-order valence-electron chi connectivity index (χ1n) is 22.0. The first-order valence-corrected chi connectivity index (χ1v) is 22.8. The van der Waals surface area contributed by atoms with Crippen molar-refractivity contribution in [3.63, 3.8) is 0 Å². The number of ether oxygens (including phenoxy) is 2. The van der Waals surface area contributed by atoms with Crippen LogP contribution in [0.15, 0.2) is 60.9 Å². The molecule has 3 fully saturated rings. The van der Waals surface area contributed by atoms with Gasteiger partial charge in [-0.3, -0.25) is 14.5 Å². The van der Waals surface area contributed by atoms with Gasteiger partial charge >= 0.3 is 0 Å². The number of amides is 2. The number of aryl methyl sites for hydroxylation is 2. The van der Waals surface area contributed by atoms with Crippen LogP contribution in [-0.4, -0.2) is 151 Å². The lowest BCUT2D eigenvalue weighted by Gasteiger charge is -2.36. The fourth-order valence-electron chi connectivity index (χ4n) is 8.03. The molecule has 0 bridgehead atoms. The molecule has 346 valence electrons. The van der Waals surface area contributed by atoms with E-state index in [0.717, 1.165) is 57.8 Å². The molecule has 3 aliphatic rings. The maximum absolute atomic E-state index is 12.3. The monoisotopic (exact) mass is 938 g/mol. The van der Waals surface area contributed by atoms with Crippen molar-refractivity contribution in [3.05, 3.63) is 82.4 Å². The van der Waals surface area contributed by atoms with Gasteiger partial charge in [0.05, 0.1) is 30.4 Å². The number of hydrogen-bond acceptors (Lipinski definition) is 17. The molecule has 0 atom stereocenters. The second-order valence-corrected chi connectivity index (χ2v) is 17.0. The molecule has 66 heavy (non-hydrogen) atoms. The highest BCUT2D eigenvalue weighted by atomic mass is 35.5. The van der Waals surface area contributed by atoms with Gasteiger partial charge in [0, 0.05) is 61.9 Å². The molecule has 0 saturated carbocycles. The summed E-state index contributed by atoms with van der Waals surface area (Å²) in [6.45, 7) is 11.9. The summed E-state index contributed by atoms with van der Waals surface area (Å²) in [7, 11) is 0. The third-order valence-corrected chi connectivity index (χ3v) is 12.0. The van der Waals surface area contributed by atoms with E-state index in [1.807, 2.05) is 13.8 Å². The van der Waals surface area contributed by atoms with Crippen molar-refractivity contribution < 1.29 is 24.2 Å². The topological polar surface area (TPSA) is 213 Å². The minimum absolute atomic E-state index is 0.150. The number of benzene rings is 2. The second-order valence-electron chi connectivity index (χ2n) is 16.2. The Bertz CT molecular complexity index is 2610. The van der Waals surface area contributed by atoms with Crippen molar-refractivity contribution >= 4 is 80.9 Å². The van der Waals surface area contributed by atoms with Crippen molar-refractivity contribution in [2.75, 3.05) is 99.2 Å². The van der Waals surface area contributed by atoms with Crippen LogP contribution in [-0.2, 0) is 9.59 Å². The number of carbonyl (C=O) groups excluding carboxylic acids is 2. The molecule has 4 aromatic heterocycles. The summed E-state index contributed by atoms with van der Waals surface area (Å²) in [5.74, 6) is 2.37. The largest absolute Gasteiger partial charge is 0.484 e. The van der Waals surface area contributed by atoms with Gasteiger partial charge in [-0.15, -0.1) is 0 Å². The molecule has 2 aromatic carbocycles. The number of nitrogens with one attached hydrogen (secondary N) is 2. The van der Waals surface area contributed by atoms with E-state index in [2.05, 4.69) is 65.1 Å². The zero-order chi connectivity index (χ0) is 46.0. The first-order chi connectivity index (χ1) is 32.1. The smallest absolute Gasteiger partial charge is 0.263 e. The number of hydrogen-bond donors (Lipinski definition) is 3. The number of aromatic nitrogens is 8. The number of aliphatic hydroxyl groups excluding tert-OH is 1. The predicted molar refractivity (Wildman–Crippen MR) is 253 cm³/mol. The number of piperidine rings is 1. The summed E-state index contributed by atoms with van der Waals surface area (Å²) in [6, 6.07) is 14.3. The number of fused-ring (bicyclic) bond motifs is 2. The fraction of sp³-hybridized carbons (Fsp3) is 0.422. The minimum atomic E-state index is -0.357. The number of piperazine rings is 1. The number of rotatable bonds is 13. The van der Waals surface area contributed by atoms with Gasteiger partial charge in [0.2, 0.25) is 11.9 Å². The summed E-state index contributed by atoms with van der Waals surface area (Å²) in [6.07, 6.45) is 7.90. The average molecular weight is 940 g/mol. The molecule has 7 heterocycles. The van der Waals surface area contributed by atoms with Gasteiger partial charge in [-0.2, -0.15) is 9.97 Å². The highest BCUT2D eigenvalue weighted by Crippen LogP contribution is 2.26. The number of aliphatic hydroxyl groups is 1. The van der Waals surface area contributed by atoms with Crippen LogP contribution in [0.4, 0.5) is 23.5 Å². The molecular formula is C45H52Cl2N14O5. The maximum Gasteiger partial charge on any atom is 0.263 e. The van der Waals surface area contributed by atoms with Crippen molar-refractivity contribution in [1.82, 2.24) is 49.7 Å². The van der Waals surface area contributed by atoms with Crippen LogP contribution in [0.1, 0.15) is 37.1 Å². The molecule has 19 nitrogen and oxygen atoms in total. The molecule has 0 aliphatic carbocycles. The first kappa shape index (κ1) is 46.4. The Hall–Kier alpha value is -6.12. The Morgan fingerprint density at radius 3 is 1.55 bits per heavy atom. The van der Waals surface area contributed by atoms with Crippen LogP contribution in [0.2, 0.25) is 10.0 Å². The van der Waals surface area contributed by atoms with Crippen LogP contribution in [0, 0.1) is 13.8 Å². The van der Waals surface area contributed by atoms with Crippen LogP contribution in [0.3, 0.4) is 0 Å². The molecule has 21 heteroatoms. The van der Waals surface area contributed by atoms with Crippen molar-refractivity contribution in [1.29, 1.82) is 0 Å². The molecule has 2 amide bonds. The number of nitrogens with zero attached hydrogens (tertiary/aromatic N) is 12. The minimum Gasteiger partial charge on any atom is -0.484 e. The van der Waals surface area contributed by atoms with E-state index in [1.54, 1.807) is 48.5 Å². The standard InChI is InChI=1S/C24H28ClN7O2.C21H24ClN7O3/c1-16-22-23(30-24(27-16)32-12-8-18(9-13-32)31-10-2-3-11-31)26-14-20(29-22)28-21(33)15-34-19-6-4-17(25)5-7-19;1-14-19-20(27-21(24-14)29-8-6-28(7-9-29)10-11-30)23-12-17(26-19)25-18(31)13-32-16-4-2-15(22)3-5-16/h4-7,14,18H,2-3,8-13,15H2,1H3,(H,28,29,33);2-5,12,30H,6-11,13H2,1H3,(H,25,26,31). The lowest BCUT2D eigenvalue weighted by molar-refractivity contribution is -0.118. The lowest BCUT2D eigenvalue weighted by atomic mass is 10.0. The van der Waals surface area contributed by atoms with E-state index in [1.165, 1.54) is 38.3 Å². The van der Waals surface area contributed by atoms with Crippen LogP contribution >= 0.6 is 23.2 Å².